The van der Waals surface area contributed by atoms with Gasteiger partial charge in [-0.15, -0.1) is 0 Å². The van der Waals surface area contributed by atoms with E-state index in [9.17, 15) is 4.79 Å². The van der Waals surface area contributed by atoms with Crippen molar-refractivity contribution >= 4 is 6.03 Å². The van der Waals surface area contributed by atoms with Crippen LogP contribution in [0.5, 0.6) is 0 Å². The van der Waals surface area contributed by atoms with Crippen LogP contribution in [0.1, 0.15) is 0 Å². The van der Waals surface area contributed by atoms with E-state index >= 15 is 0 Å². The molecule has 0 saturated heterocycles. The highest BCUT2D eigenvalue weighted by molar-refractivity contribution is 5.72. The molecule has 0 radical (unpaired) electrons. The monoisotopic (exact) mass is 148 g/mol. The Kier molecular flexibility index (Phi) is 4.61. The van der Waals surface area contributed by atoms with Crippen molar-refractivity contribution in [2.75, 3.05) is 28.0 Å². The van der Waals surface area contributed by atoms with Gasteiger partial charge in [0, 0.05) is 14.2 Å². The van der Waals surface area contributed by atoms with Gasteiger partial charge < -0.3 is 9.64 Å². The fourth-order valence-electron chi connectivity index (χ4n) is 0.418. The molecule has 0 rings (SSSR count). The highest BCUT2D eigenvalue weighted by Crippen LogP contribution is 1.82. The highest BCUT2D eigenvalue weighted by atomic mass is 16.6. The number of nitrogens with one attached hydrogen (secondary N) is 1. The van der Waals surface area contributed by atoms with E-state index < -0.39 is 0 Å². The number of carbonyl (C=O) groups is 1. The molecule has 1 N–H and O–H groups in total. The number of hydrogen-bond acceptors (Lipinski definition) is 3. The second-order valence-corrected chi connectivity index (χ2v) is 1.73. The van der Waals surface area contributed by atoms with E-state index in [1.165, 1.54) is 19.1 Å². The van der Waals surface area contributed by atoms with Crippen LogP contribution in [-0.2, 0) is 9.57 Å². The first-order valence-electron chi connectivity index (χ1n) is 2.75. The maximum atomic E-state index is 10.7. The Morgan fingerprint density at radius 2 is 2.20 bits per heavy atom. The normalized spacial score (nSPS) is 9.10. The number of carbonyl (C=O) groups excluding carboxylic acids is 1. The average Bonchev–Trinajstić information content (AvgIpc) is 1.89. The molecule has 0 aromatic heterocycles. The molecule has 5 nitrogen and oxygen atoms in total. The van der Waals surface area contributed by atoms with Gasteiger partial charge in [-0.05, 0) is 0 Å². The van der Waals surface area contributed by atoms with E-state index in [-0.39, 0.29) is 12.8 Å². The van der Waals surface area contributed by atoms with Gasteiger partial charge in [0.25, 0.3) is 0 Å². The van der Waals surface area contributed by atoms with Gasteiger partial charge in [0.1, 0.15) is 6.73 Å². The van der Waals surface area contributed by atoms with Crippen LogP contribution in [-0.4, -0.2) is 38.9 Å². The highest BCUT2D eigenvalue weighted by Gasteiger charge is 2.04. The Balaban J connectivity index is 3.49. The molecule has 5 heteroatoms. The summed E-state index contributed by atoms with van der Waals surface area (Å²) in [6.07, 6.45) is 0. The predicted octanol–water partition coefficient (Wildman–Crippen LogP) is -0.207. The first-order valence-corrected chi connectivity index (χ1v) is 2.75. The Morgan fingerprint density at radius 3 is 2.60 bits per heavy atom. The summed E-state index contributed by atoms with van der Waals surface area (Å²) >= 11 is 0. The van der Waals surface area contributed by atoms with E-state index in [0.717, 1.165) is 0 Å². The zero-order valence-electron chi connectivity index (χ0n) is 6.38. The van der Waals surface area contributed by atoms with Crippen molar-refractivity contribution in [3.05, 3.63) is 0 Å². The van der Waals surface area contributed by atoms with Crippen molar-refractivity contribution in [2.24, 2.45) is 0 Å². The number of rotatable bonds is 3. The molecule has 0 aliphatic rings. The third-order valence-electron chi connectivity index (χ3n) is 0.859. The molecule has 0 saturated carbocycles. The number of nitrogens with zero attached hydrogens (tertiary/aromatic N) is 1. The van der Waals surface area contributed by atoms with Crippen LogP contribution in [0.3, 0.4) is 0 Å². The van der Waals surface area contributed by atoms with Gasteiger partial charge in [-0.25, -0.2) is 10.3 Å². The van der Waals surface area contributed by atoms with Crippen LogP contribution < -0.4 is 5.48 Å². The summed E-state index contributed by atoms with van der Waals surface area (Å²) in [5, 5.41) is 0. The Labute approximate surface area is 59.9 Å². The average molecular weight is 148 g/mol. The lowest BCUT2D eigenvalue weighted by atomic mass is 10.8. The SMILES string of the molecule is COCN(C)C(=O)NOC. The molecule has 0 aliphatic heterocycles. The smallest absolute Gasteiger partial charge is 0.342 e. The zero-order chi connectivity index (χ0) is 7.98. The fraction of sp³-hybridized carbons (Fsp3) is 0.800. The second-order valence-electron chi connectivity index (χ2n) is 1.73. The molecule has 0 heterocycles. The van der Waals surface area contributed by atoms with Crippen LogP contribution in [0, 0.1) is 0 Å². The van der Waals surface area contributed by atoms with E-state index in [2.05, 4.69) is 15.1 Å². The summed E-state index contributed by atoms with van der Waals surface area (Å²) in [7, 11) is 4.48. The maximum absolute atomic E-state index is 10.7. The summed E-state index contributed by atoms with van der Waals surface area (Å²) in [4.78, 5) is 16.5. The molecule has 10 heavy (non-hydrogen) atoms. The van der Waals surface area contributed by atoms with Crippen LogP contribution in [0.4, 0.5) is 4.79 Å². The maximum Gasteiger partial charge on any atom is 0.342 e. The molecular formula is C5H12N2O3. The number of methoxy groups -OCH3 is 1. The topological polar surface area (TPSA) is 50.8 Å². The van der Waals surface area contributed by atoms with Gasteiger partial charge >= 0.3 is 6.03 Å². The van der Waals surface area contributed by atoms with Gasteiger partial charge in [-0.2, -0.15) is 0 Å². The van der Waals surface area contributed by atoms with Crippen LogP contribution in [0.25, 0.3) is 0 Å². The van der Waals surface area contributed by atoms with Crippen molar-refractivity contribution in [2.45, 2.75) is 0 Å². The fourth-order valence-corrected chi connectivity index (χ4v) is 0.418. The molecule has 0 bridgehead atoms. The standard InChI is InChI=1S/C5H12N2O3/c1-7(4-9-2)5(8)6-10-3/h4H2,1-3H3,(H,6,8). The zero-order valence-corrected chi connectivity index (χ0v) is 6.38. The van der Waals surface area contributed by atoms with E-state index in [1.807, 2.05) is 0 Å². The Bertz CT molecular complexity index is 107. The van der Waals surface area contributed by atoms with Crippen LogP contribution in [0.2, 0.25) is 0 Å². The molecular weight excluding hydrogens is 136 g/mol. The molecule has 0 fully saturated rings. The summed E-state index contributed by atoms with van der Waals surface area (Å²) in [5.41, 5.74) is 2.14. The van der Waals surface area contributed by atoms with Crippen molar-refractivity contribution < 1.29 is 14.4 Å². The number of hydrogen-bond donors (Lipinski definition) is 1. The quantitative estimate of drug-likeness (QED) is 0.445. The minimum absolute atomic E-state index is 0.245. The third-order valence-corrected chi connectivity index (χ3v) is 0.859. The second kappa shape index (κ2) is 5.01. The lowest BCUT2D eigenvalue weighted by Gasteiger charge is -2.14. The number of urea groups is 1. The minimum Gasteiger partial charge on any atom is -0.364 e. The molecule has 0 spiro atoms. The number of ether oxygens (including phenoxy) is 1. The van der Waals surface area contributed by atoms with E-state index in [1.54, 1.807) is 7.05 Å². The first-order chi connectivity index (χ1) is 4.72. The Hall–Kier alpha value is -0.810. The Morgan fingerprint density at radius 1 is 1.60 bits per heavy atom. The molecule has 0 atom stereocenters. The summed E-state index contributed by atoms with van der Waals surface area (Å²) in [6.45, 7) is 0.245. The summed E-state index contributed by atoms with van der Waals surface area (Å²) < 4.78 is 4.68. The third kappa shape index (κ3) is 3.26. The largest absolute Gasteiger partial charge is 0.364 e. The van der Waals surface area contributed by atoms with Gasteiger partial charge in [0.15, 0.2) is 0 Å². The molecule has 0 aliphatic carbocycles. The molecule has 2 amide bonds. The van der Waals surface area contributed by atoms with Gasteiger partial charge in [-0.1, -0.05) is 0 Å². The first kappa shape index (κ1) is 9.19. The number of hydroxylamine groups is 1. The number of amides is 2. The van der Waals surface area contributed by atoms with Crippen molar-refractivity contribution in [3.63, 3.8) is 0 Å². The predicted molar refractivity (Wildman–Crippen MR) is 35.2 cm³/mol. The van der Waals surface area contributed by atoms with Gasteiger partial charge in [0.2, 0.25) is 0 Å². The van der Waals surface area contributed by atoms with Crippen molar-refractivity contribution in [3.8, 4) is 0 Å². The minimum atomic E-state index is -0.329. The van der Waals surface area contributed by atoms with Crippen molar-refractivity contribution in [1.29, 1.82) is 0 Å². The molecule has 0 unspecified atom stereocenters. The molecule has 0 aromatic carbocycles. The van der Waals surface area contributed by atoms with Gasteiger partial charge in [0.05, 0.1) is 7.11 Å². The van der Waals surface area contributed by atoms with E-state index in [4.69, 9.17) is 0 Å². The lowest BCUT2D eigenvalue weighted by Crippen LogP contribution is -2.37. The van der Waals surface area contributed by atoms with Crippen molar-refractivity contribution in [1.82, 2.24) is 10.4 Å². The van der Waals surface area contributed by atoms with Crippen LogP contribution >= 0.6 is 0 Å². The lowest BCUT2D eigenvalue weighted by molar-refractivity contribution is 0.0568. The van der Waals surface area contributed by atoms with Gasteiger partial charge in [-0.3, -0.25) is 4.84 Å². The van der Waals surface area contributed by atoms with E-state index in [0.29, 0.717) is 0 Å². The molecule has 0 aromatic rings. The summed E-state index contributed by atoms with van der Waals surface area (Å²) in [5.74, 6) is 0. The van der Waals surface area contributed by atoms with Crippen LogP contribution in [0.15, 0.2) is 0 Å². The summed E-state index contributed by atoms with van der Waals surface area (Å²) in [6, 6.07) is -0.329. The molecule has 60 valence electrons.